The number of nitrogens with zero attached hydrogens (tertiary/aromatic N) is 8. The van der Waals surface area contributed by atoms with Crippen LogP contribution in [0.1, 0.15) is 47.1 Å². The molecule has 1 fully saturated rings. The number of fused-ring (bicyclic) bond motifs is 1. The second-order valence-corrected chi connectivity index (χ2v) is 9.60. The summed E-state index contributed by atoms with van der Waals surface area (Å²) < 4.78 is 89.5. The van der Waals surface area contributed by atoms with Gasteiger partial charge in [0.05, 0.1) is 18.5 Å². The van der Waals surface area contributed by atoms with Crippen molar-refractivity contribution in [2.24, 2.45) is 7.05 Å². The third-order valence-electron chi connectivity index (χ3n) is 6.73. The van der Waals surface area contributed by atoms with E-state index in [4.69, 9.17) is 4.74 Å². The molecule has 0 amide bonds. The van der Waals surface area contributed by atoms with E-state index in [-0.39, 0.29) is 46.5 Å². The first-order valence-electron chi connectivity index (χ1n) is 12.3. The monoisotopic (exact) mass is 574 g/mol. The second kappa shape index (κ2) is 9.52. The van der Waals surface area contributed by atoms with Gasteiger partial charge in [-0.3, -0.25) is 0 Å². The number of benzene rings is 1. The average Bonchev–Trinajstić information content (AvgIpc) is 3.61. The van der Waals surface area contributed by atoms with Crippen LogP contribution in [0.4, 0.5) is 26.3 Å². The Hall–Kier alpha value is -4.56. The molecule has 212 valence electrons. The van der Waals surface area contributed by atoms with Crippen molar-refractivity contribution in [2.75, 3.05) is 7.11 Å². The van der Waals surface area contributed by atoms with Gasteiger partial charge in [-0.05, 0) is 18.4 Å². The lowest BCUT2D eigenvalue weighted by Crippen LogP contribution is -2.13. The first-order chi connectivity index (χ1) is 19.5. The summed E-state index contributed by atoms with van der Waals surface area (Å²) in [4.78, 5) is 19.8. The topological polar surface area (TPSA) is 96.4 Å². The quantitative estimate of drug-likeness (QED) is 0.247. The molecule has 0 unspecified atom stereocenters. The third-order valence-corrected chi connectivity index (χ3v) is 6.73. The van der Waals surface area contributed by atoms with Gasteiger partial charge in [0.15, 0.2) is 11.4 Å². The molecule has 0 atom stereocenters. The van der Waals surface area contributed by atoms with E-state index in [0.29, 0.717) is 16.8 Å². The highest BCUT2D eigenvalue weighted by atomic mass is 19.4. The fraction of sp³-hybridized carbons (Fsp3) is 0.308. The fourth-order valence-corrected chi connectivity index (χ4v) is 4.71. The molecule has 5 aromatic rings. The van der Waals surface area contributed by atoms with E-state index in [9.17, 15) is 26.3 Å². The molecular weight excluding hydrogens is 554 g/mol. The lowest BCUT2D eigenvalue weighted by molar-refractivity contribution is -0.141. The van der Waals surface area contributed by atoms with Crippen LogP contribution in [-0.4, -0.2) is 46.4 Å². The summed E-state index contributed by atoms with van der Waals surface area (Å²) in [6.07, 6.45) is -4.66. The van der Waals surface area contributed by atoms with Crippen LogP contribution in [0.2, 0.25) is 0 Å². The summed E-state index contributed by atoms with van der Waals surface area (Å²) in [5, 5.41) is 4.55. The number of aromatic nitrogens is 8. The van der Waals surface area contributed by atoms with Gasteiger partial charge in [-0.2, -0.15) is 36.4 Å². The molecule has 1 aliphatic rings. The van der Waals surface area contributed by atoms with Crippen molar-refractivity contribution in [1.82, 2.24) is 39.3 Å². The Morgan fingerprint density at radius 1 is 0.927 bits per heavy atom. The van der Waals surface area contributed by atoms with Crippen LogP contribution in [0.15, 0.2) is 43.1 Å². The molecule has 0 bridgehead atoms. The SMILES string of the molecule is COc1ncnc(C2CC2)c1-n1nc(Cc2ccc(-c3nc(C(F)(F)F)cn3C)cc2)c2ncnc(C(F)(F)F)c21. The minimum absolute atomic E-state index is 0.0111. The molecule has 1 aliphatic carbocycles. The van der Waals surface area contributed by atoms with E-state index >= 15 is 0 Å². The van der Waals surface area contributed by atoms with Gasteiger partial charge >= 0.3 is 12.4 Å². The molecule has 0 N–H and O–H groups in total. The van der Waals surface area contributed by atoms with Crippen LogP contribution in [0.25, 0.3) is 28.1 Å². The number of hydrogen-bond donors (Lipinski definition) is 0. The number of ether oxygens (including phenoxy) is 1. The summed E-state index contributed by atoms with van der Waals surface area (Å²) >= 11 is 0. The van der Waals surface area contributed by atoms with E-state index < -0.39 is 23.7 Å². The Bertz CT molecular complexity index is 1750. The van der Waals surface area contributed by atoms with E-state index in [1.54, 1.807) is 24.3 Å². The molecule has 0 aliphatic heterocycles. The largest absolute Gasteiger partial charge is 0.479 e. The fourth-order valence-electron chi connectivity index (χ4n) is 4.71. The Kier molecular flexibility index (Phi) is 6.19. The van der Waals surface area contributed by atoms with Gasteiger partial charge in [0.2, 0.25) is 5.88 Å². The summed E-state index contributed by atoms with van der Waals surface area (Å²) in [6, 6.07) is 6.48. The normalized spacial score (nSPS) is 14.1. The maximum atomic E-state index is 14.1. The minimum Gasteiger partial charge on any atom is -0.479 e. The molecule has 6 rings (SSSR count). The van der Waals surface area contributed by atoms with Gasteiger partial charge in [-0.25, -0.2) is 24.6 Å². The highest BCUT2D eigenvalue weighted by molar-refractivity contribution is 5.83. The average molecular weight is 574 g/mol. The molecule has 0 spiro atoms. The van der Waals surface area contributed by atoms with Crippen LogP contribution >= 0.6 is 0 Å². The molecule has 1 saturated carbocycles. The predicted octanol–water partition coefficient (Wildman–Crippen LogP) is 5.52. The second-order valence-electron chi connectivity index (χ2n) is 9.60. The van der Waals surface area contributed by atoms with Crippen LogP contribution in [0, 0.1) is 0 Å². The predicted molar refractivity (Wildman–Crippen MR) is 132 cm³/mol. The van der Waals surface area contributed by atoms with Gasteiger partial charge in [0.25, 0.3) is 0 Å². The summed E-state index contributed by atoms with van der Waals surface area (Å²) in [7, 11) is 2.82. The number of methoxy groups -OCH3 is 1. The van der Waals surface area contributed by atoms with Crippen LogP contribution < -0.4 is 4.74 Å². The summed E-state index contributed by atoms with van der Waals surface area (Å²) in [5.41, 5.74) is -0.536. The highest BCUT2D eigenvalue weighted by Gasteiger charge is 2.39. The maximum Gasteiger partial charge on any atom is 0.435 e. The summed E-state index contributed by atoms with van der Waals surface area (Å²) in [5.74, 6) is 0.206. The molecule has 0 radical (unpaired) electrons. The number of rotatable bonds is 6. The molecule has 41 heavy (non-hydrogen) atoms. The lowest BCUT2D eigenvalue weighted by atomic mass is 10.1. The zero-order chi connectivity index (χ0) is 29.1. The van der Waals surface area contributed by atoms with Crippen molar-refractivity contribution in [3.63, 3.8) is 0 Å². The van der Waals surface area contributed by atoms with Crippen molar-refractivity contribution < 1.29 is 31.1 Å². The van der Waals surface area contributed by atoms with E-state index in [1.165, 1.54) is 25.1 Å². The molecule has 0 saturated heterocycles. The minimum atomic E-state index is -4.81. The third kappa shape index (κ3) is 4.85. The maximum absolute atomic E-state index is 14.1. The first-order valence-corrected chi connectivity index (χ1v) is 12.3. The lowest BCUT2D eigenvalue weighted by Gasteiger charge is -2.14. The van der Waals surface area contributed by atoms with Crippen molar-refractivity contribution in [3.05, 3.63) is 71.5 Å². The Morgan fingerprint density at radius 2 is 1.63 bits per heavy atom. The Labute approximate surface area is 227 Å². The van der Waals surface area contributed by atoms with Crippen LogP contribution in [0.3, 0.4) is 0 Å². The number of aryl methyl sites for hydroxylation is 1. The molecule has 9 nitrogen and oxygen atoms in total. The van der Waals surface area contributed by atoms with Crippen LogP contribution in [-0.2, 0) is 25.8 Å². The zero-order valence-electron chi connectivity index (χ0n) is 21.5. The molecule has 4 heterocycles. The van der Waals surface area contributed by atoms with Crippen molar-refractivity contribution in [1.29, 1.82) is 0 Å². The Balaban J connectivity index is 1.45. The number of alkyl halides is 6. The van der Waals surface area contributed by atoms with E-state index in [1.807, 2.05) is 0 Å². The number of halogens is 6. The van der Waals surface area contributed by atoms with E-state index in [0.717, 1.165) is 30.0 Å². The number of hydrogen-bond acceptors (Lipinski definition) is 7. The number of imidazole rings is 1. The van der Waals surface area contributed by atoms with Crippen LogP contribution in [0.5, 0.6) is 5.88 Å². The van der Waals surface area contributed by atoms with Gasteiger partial charge in [0.1, 0.15) is 35.2 Å². The smallest absolute Gasteiger partial charge is 0.435 e. The Morgan fingerprint density at radius 3 is 2.24 bits per heavy atom. The molecule has 15 heteroatoms. The molecule has 1 aromatic carbocycles. The van der Waals surface area contributed by atoms with E-state index in [2.05, 4.69) is 30.0 Å². The zero-order valence-corrected chi connectivity index (χ0v) is 21.5. The van der Waals surface area contributed by atoms with Gasteiger partial charge < -0.3 is 9.30 Å². The van der Waals surface area contributed by atoms with Crippen molar-refractivity contribution in [3.8, 4) is 23.0 Å². The van der Waals surface area contributed by atoms with Gasteiger partial charge in [-0.1, -0.05) is 24.3 Å². The molecule has 4 aromatic heterocycles. The van der Waals surface area contributed by atoms with Crippen molar-refractivity contribution in [2.45, 2.75) is 37.5 Å². The van der Waals surface area contributed by atoms with Gasteiger partial charge in [-0.15, -0.1) is 0 Å². The highest BCUT2D eigenvalue weighted by Crippen LogP contribution is 2.45. The van der Waals surface area contributed by atoms with Gasteiger partial charge in [0, 0.05) is 31.1 Å². The van der Waals surface area contributed by atoms with Crippen molar-refractivity contribution >= 4 is 11.0 Å². The standard InChI is InChI=1S/C26H20F6N8O/c1-39-10-17(25(27,28)29)37-23(39)15-5-3-13(4-6-15)9-16-19-20(22(26(30,31)32)35-11-34-19)40(38-16)21-18(14-7-8-14)33-12-36-24(21)41-2/h3-6,10-12,14H,7-9H2,1-2H3. The molecular formula is C26H20F6N8O. The summed E-state index contributed by atoms with van der Waals surface area (Å²) in [6.45, 7) is 0. The first kappa shape index (κ1) is 26.7.